The molecule has 2 aliphatic heterocycles. The predicted molar refractivity (Wildman–Crippen MR) is 139 cm³/mol. The molecule has 198 valence electrons. The van der Waals surface area contributed by atoms with Crippen LogP contribution < -0.4 is 28.2 Å². The number of nitrogens with two attached hydrogens (primary N) is 3. The number of rotatable bonds is 5. The number of hydrogen-bond donors (Lipinski definition) is 4. The van der Waals surface area contributed by atoms with Gasteiger partial charge in [-0.2, -0.15) is 4.98 Å². The van der Waals surface area contributed by atoms with E-state index in [0.29, 0.717) is 30.1 Å². The zero-order valence-electron chi connectivity index (χ0n) is 21.2. The number of benzene rings is 1. The number of urea groups is 1. The molecule has 2 aromatic rings. The molecule has 0 bridgehead atoms. The van der Waals surface area contributed by atoms with Gasteiger partial charge in [0.15, 0.2) is 0 Å². The van der Waals surface area contributed by atoms with Crippen LogP contribution in [-0.4, -0.2) is 86.7 Å². The van der Waals surface area contributed by atoms with E-state index in [9.17, 15) is 14.4 Å². The van der Waals surface area contributed by atoms with Gasteiger partial charge in [0.1, 0.15) is 5.82 Å². The zero-order valence-corrected chi connectivity index (χ0v) is 21.2. The van der Waals surface area contributed by atoms with Crippen LogP contribution in [0.15, 0.2) is 41.3 Å². The van der Waals surface area contributed by atoms with E-state index in [2.05, 4.69) is 15.2 Å². The molecule has 37 heavy (non-hydrogen) atoms. The number of anilines is 1. The van der Waals surface area contributed by atoms with Crippen LogP contribution in [0, 0.1) is 11.8 Å². The molecule has 12 heteroatoms. The van der Waals surface area contributed by atoms with Crippen LogP contribution in [0.1, 0.15) is 19.4 Å². The molecule has 5 rings (SSSR count). The first-order valence-electron chi connectivity index (χ1n) is 12.6. The Morgan fingerprint density at radius 3 is 2.32 bits per heavy atom. The summed E-state index contributed by atoms with van der Waals surface area (Å²) >= 11 is 0. The Morgan fingerprint density at radius 2 is 1.73 bits per heavy atom. The van der Waals surface area contributed by atoms with Crippen LogP contribution in [-0.2, 0) is 11.3 Å². The smallest absolute Gasteiger partial charge is 0.336 e. The molecule has 2 saturated heterocycles. The highest BCUT2D eigenvalue weighted by molar-refractivity contribution is 5.89. The molecule has 2 unspecified atom stereocenters. The lowest BCUT2D eigenvalue weighted by atomic mass is 10.0. The van der Waals surface area contributed by atoms with Gasteiger partial charge in [0, 0.05) is 45.0 Å². The number of piperidine rings is 1. The van der Waals surface area contributed by atoms with Crippen molar-refractivity contribution in [3.05, 3.63) is 52.6 Å². The van der Waals surface area contributed by atoms with Crippen molar-refractivity contribution in [3.63, 3.8) is 0 Å². The summed E-state index contributed by atoms with van der Waals surface area (Å²) in [6.45, 7) is 6.96. The Morgan fingerprint density at radius 1 is 1.05 bits per heavy atom. The summed E-state index contributed by atoms with van der Waals surface area (Å²) in [5.41, 5.74) is 18.4. The van der Waals surface area contributed by atoms with Crippen LogP contribution in [0.2, 0.25) is 0 Å². The van der Waals surface area contributed by atoms with Crippen molar-refractivity contribution in [2.75, 3.05) is 38.0 Å². The first kappa shape index (κ1) is 25.3. The lowest BCUT2D eigenvalue weighted by molar-refractivity contribution is -0.138. The van der Waals surface area contributed by atoms with E-state index in [4.69, 9.17) is 17.2 Å². The van der Waals surface area contributed by atoms with Gasteiger partial charge in [-0.15, -0.1) is 0 Å². The summed E-state index contributed by atoms with van der Waals surface area (Å²) in [5.74, 6) is 1.20. The Kier molecular flexibility index (Phi) is 6.52. The predicted octanol–water partition coefficient (Wildman–Crippen LogP) is -0.680. The number of carbonyl (C=O) groups is 2. The van der Waals surface area contributed by atoms with E-state index < -0.39 is 23.4 Å². The van der Waals surface area contributed by atoms with Crippen LogP contribution in [0.25, 0.3) is 5.69 Å². The third-order valence-electron chi connectivity index (χ3n) is 7.51. The number of nitrogens with one attached hydrogen (secondary N) is 1. The van der Waals surface area contributed by atoms with Crippen molar-refractivity contribution in [2.24, 2.45) is 29.0 Å². The summed E-state index contributed by atoms with van der Waals surface area (Å²) in [6.07, 6.45) is 0.872. The molecular formula is C25H35N9O3. The fourth-order valence-electron chi connectivity index (χ4n) is 5.31. The number of hydrogen-bond acceptors (Lipinski definition) is 8. The number of amides is 3. The molecule has 7 N–H and O–H groups in total. The summed E-state index contributed by atoms with van der Waals surface area (Å²) in [4.78, 5) is 47.3. The Labute approximate surface area is 215 Å². The van der Waals surface area contributed by atoms with Gasteiger partial charge in [-0.25, -0.2) is 9.59 Å². The van der Waals surface area contributed by atoms with E-state index >= 15 is 0 Å². The first-order valence-corrected chi connectivity index (χ1v) is 12.6. The summed E-state index contributed by atoms with van der Waals surface area (Å²) < 4.78 is 1.42. The van der Waals surface area contributed by atoms with Gasteiger partial charge in [-0.05, 0) is 49.4 Å². The average Bonchev–Trinajstić information content (AvgIpc) is 3.23. The normalized spacial score (nSPS) is 25.6. The van der Waals surface area contributed by atoms with Crippen LogP contribution >= 0.6 is 0 Å². The molecule has 3 aliphatic rings. The molecule has 1 saturated carbocycles. The average molecular weight is 510 g/mol. The highest BCUT2D eigenvalue weighted by atomic mass is 16.2. The van der Waals surface area contributed by atoms with Gasteiger partial charge in [0.2, 0.25) is 5.91 Å². The second-order valence-corrected chi connectivity index (χ2v) is 10.9. The van der Waals surface area contributed by atoms with Gasteiger partial charge in [0.25, 0.3) is 0 Å². The summed E-state index contributed by atoms with van der Waals surface area (Å²) in [5, 5.41) is 2.64. The number of fused-ring (bicyclic) bond motifs is 1. The van der Waals surface area contributed by atoms with Crippen LogP contribution in [0.5, 0.6) is 0 Å². The first-order chi connectivity index (χ1) is 17.5. The molecule has 4 atom stereocenters. The van der Waals surface area contributed by atoms with Crippen molar-refractivity contribution >= 4 is 17.8 Å². The van der Waals surface area contributed by atoms with Crippen LogP contribution in [0.3, 0.4) is 0 Å². The van der Waals surface area contributed by atoms with E-state index in [0.717, 1.165) is 19.6 Å². The molecule has 0 spiro atoms. The molecule has 1 aromatic heterocycles. The molecule has 1 aliphatic carbocycles. The molecule has 0 radical (unpaired) electrons. The topological polar surface area (TPSA) is 169 Å². The Bertz CT molecular complexity index is 1230. The number of nitrogens with zero attached hydrogens (tertiary/aromatic N) is 5. The molecule has 3 fully saturated rings. The van der Waals surface area contributed by atoms with Crippen molar-refractivity contribution < 1.29 is 9.59 Å². The highest BCUT2D eigenvalue weighted by Crippen LogP contribution is 2.44. The minimum Gasteiger partial charge on any atom is -0.336 e. The van der Waals surface area contributed by atoms with E-state index in [1.807, 2.05) is 24.3 Å². The fourth-order valence-corrected chi connectivity index (χ4v) is 5.31. The van der Waals surface area contributed by atoms with Crippen molar-refractivity contribution in [1.82, 2.24) is 24.3 Å². The van der Waals surface area contributed by atoms with Crippen LogP contribution in [0.4, 0.5) is 10.6 Å². The molecule has 3 amide bonds. The summed E-state index contributed by atoms with van der Waals surface area (Å²) in [7, 11) is 0. The van der Waals surface area contributed by atoms with Crippen molar-refractivity contribution in [3.8, 4) is 5.69 Å². The lowest BCUT2D eigenvalue weighted by Gasteiger charge is -2.41. The summed E-state index contributed by atoms with van der Waals surface area (Å²) in [6, 6.07) is 9.27. The van der Waals surface area contributed by atoms with Crippen molar-refractivity contribution in [1.29, 1.82) is 0 Å². The highest BCUT2D eigenvalue weighted by Gasteiger charge is 2.53. The van der Waals surface area contributed by atoms with E-state index in [1.54, 1.807) is 31.0 Å². The molecular weight excluding hydrogens is 474 g/mol. The Balaban J connectivity index is 1.17. The number of likely N-dealkylation sites (tertiary alicyclic amines) is 1. The third-order valence-corrected chi connectivity index (χ3v) is 7.51. The fraction of sp³-hybridized carbons (Fsp3) is 0.520. The van der Waals surface area contributed by atoms with Gasteiger partial charge in [-0.3, -0.25) is 19.6 Å². The SMILES string of the molecule is CC(C)(N)C(=O)N1CCN(C(=O)Nc2ccn(-c3ccc(CN4CC5C(N)[C@@H]5C4)cc3)c(=O)n2)[C@H](N)C1. The maximum Gasteiger partial charge on any atom is 0.354 e. The number of carbonyl (C=O) groups excluding carboxylic acids is 2. The Hall–Kier alpha value is -3.32. The minimum atomic E-state index is -1.01. The maximum absolute atomic E-state index is 12.8. The minimum absolute atomic E-state index is 0.127. The lowest BCUT2D eigenvalue weighted by Crippen LogP contribution is -2.64. The monoisotopic (exact) mass is 509 g/mol. The molecule has 1 aromatic carbocycles. The van der Waals surface area contributed by atoms with Crippen molar-refractivity contribution in [2.45, 2.75) is 38.1 Å². The van der Waals surface area contributed by atoms with E-state index in [1.165, 1.54) is 15.0 Å². The van der Waals surface area contributed by atoms with Gasteiger partial charge in [0.05, 0.1) is 23.9 Å². The van der Waals surface area contributed by atoms with Gasteiger partial charge < -0.3 is 27.0 Å². The quantitative estimate of drug-likeness (QED) is 0.411. The largest absolute Gasteiger partial charge is 0.354 e. The molecule has 3 heterocycles. The van der Waals surface area contributed by atoms with E-state index in [-0.39, 0.29) is 24.8 Å². The third kappa shape index (κ3) is 5.23. The second-order valence-electron chi connectivity index (χ2n) is 10.9. The van der Waals surface area contributed by atoms with Gasteiger partial charge >= 0.3 is 11.7 Å². The zero-order chi connectivity index (χ0) is 26.5. The maximum atomic E-state index is 12.8. The number of piperazine rings is 1. The molecule has 12 nitrogen and oxygen atoms in total. The number of aromatic nitrogens is 2. The standard InChI is InChI=1S/C25H35N9O3/c1-25(2,28)22(35)32-9-10-34(19(26)14-32)24(37)30-20-7-8-33(23(36)29-20)16-5-3-15(4-6-16)11-31-12-17-18(13-31)21(17)27/h3-8,17-19,21H,9-14,26-28H2,1-2H3,(H,29,30,36,37)/t17-,18?,19+,21?/m1/s1. The van der Waals surface area contributed by atoms with Gasteiger partial charge in [-0.1, -0.05) is 12.1 Å². The second kappa shape index (κ2) is 9.53.